The quantitative estimate of drug-likeness (QED) is 0.683. The molecule has 6 heteroatoms. The summed E-state index contributed by atoms with van der Waals surface area (Å²) in [6.07, 6.45) is 0.350. The minimum atomic E-state index is -0.715. The van der Waals surface area contributed by atoms with E-state index in [1.807, 2.05) is 31.2 Å². The van der Waals surface area contributed by atoms with Crippen LogP contribution in [-0.4, -0.2) is 45.2 Å². The molecule has 0 saturated heterocycles. The molecule has 2 N–H and O–H groups in total. The summed E-state index contributed by atoms with van der Waals surface area (Å²) in [4.78, 5) is 23.4. The van der Waals surface area contributed by atoms with Gasteiger partial charge in [0.05, 0.1) is 20.3 Å². The van der Waals surface area contributed by atoms with Crippen LogP contribution in [0.25, 0.3) is 0 Å². The Kier molecular flexibility index (Phi) is 7.25. The first-order valence-electron chi connectivity index (χ1n) is 6.84. The van der Waals surface area contributed by atoms with Gasteiger partial charge in [0.25, 0.3) is 0 Å². The Morgan fingerprint density at radius 2 is 2.10 bits per heavy atom. The molecule has 0 saturated carbocycles. The summed E-state index contributed by atoms with van der Waals surface area (Å²) in [7, 11) is 2.97. The lowest BCUT2D eigenvalue weighted by Crippen LogP contribution is -2.45. The molecule has 0 aliphatic carbocycles. The fraction of sp³-hybridized carbons (Fsp3) is 0.467. The lowest BCUT2D eigenvalue weighted by molar-refractivity contribution is -0.144. The topological polar surface area (TPSA) is 76.7 Å². The van der Waals surface area contributed by atoms with Crippen molar-refractivity contribution in [3.8, 4) is 5.75 Å². The number of carbonyl (C=O) groups is 2. The predicted molar refractivity (Wildman–Crippen MR) is 79.2 cm³/mol. The zero-order valence-electron chi connectivity index (χ0n) is 12.6. The largest absolute Gasteiger partial charge is 0.494 e. The third kappa shape index (κ3) is 5.83. The van der Waals surface area contributed by atoms with E-state index in [9.17, 15) is 9.59 Å². The minimum absolute atomic E-state index is 0.145. The molecule has 0 fully saturated rings. The summed E-state index contributed by atoms with van der Waals surface area (Å²) in [5.41, 5.74) is 0.890. The third-order valence-electron chi connectivity index (χ3n) is 2.81. The number of rotatable bonds is 8. The number of methoxy groups -OCH3 is 1. The van der Waals surface area contributed by atoms with Crippen molar-refractivity contribution < 1.29 is 19.1 Å². The van der Waals surface area contributed by atoms with E-state index in [2.05, 4.69) is 10.6 Å². The third-order valence-corrected chi connectivity index (χ3v) is 2.81. The Hall–Kier alpha value is -2.08. The lowest BCUT2D eigenvalue weighted by Gasteiger charge is -2.17. The van der Waals surface area contributed by atoms with Crippen molar-refractivity contribution in [1.82, 2.24) is 10.6 Å². The van der Waals surface area contributed by atoms with E-state index in [1.165, 1.54) is 7.11 Å². The molecule has 1 aromatic rings. The van der Waals surface area contributed by atoms with Gasteiger partial charge in [-0.15, -0.1) is 0 Å². The van der Waals surface area contributed by atoms with Crippen LogP contribution in [0.4, 0.5) is 0 Å². The Balaban J connectivity index is 2.78. The van der Waals surface area contributed by atoms with Gasteiger partial charge in [-0.05, 0) is 31.7 Å². The van der Waals surface area contributed by atoms with Crippen LogP contribution in [0.15, 0.2) is 24.3 Å². The molecule has 0 heterocycles. The number of hydrogen-bond acceptors (Lipinski definition) is 5. The highest BCUT2D eigenvalue weighted by molar-refractivity contribution is 5.85. The predicted octanol–water partition coefficient (Wildman–Crippen LogP) is 0.505. The molecular weight excluding hydrogens is 272 g/mol. The number of ether oxygens (including phenoxy) is 2. The van der Waals surface area contributed by atoms with E-state index in [0.29, 0.717) is 13.0 Å². The van der Waals surface area contributed by atoms with Gasteiger partial charge in [0.15, 0.2) is 0 Å². The molecule has 6 nitrogen and oxygen atoms in total. The van der Waals surface area contributed by atoms with Gasteiger partial charge < -0.3 is 20.1 Å². The standard InChI is InChI=1S/C15H22N2O4/c1-4-21-12-7-5-6-11(8-12)9-13(15(19)20-3)17-14(18)10-16-2/h5-8,13,16H,4,9-10H2,1-3H3,(H,17,18). The molecule has 1 atom stereocenters. The van der Waals surface area contributed by atoms with Gasteiger partial charge >= 0.3 is 5.97 Å². The molecule has 1 unspecified atom stereocenters. The van der Waals surface area contributed by atoms with Crippen molar-refractivity contribution in [3.63, 3.8) is 0 Å². The van der Waals surface area contributed by atoms with Crippen molar-refractivity contribution in [2.24, 2.45) is 0 Å². The van der Waals surface area contributed by atoms with Gasteiger partial charge in [0.1, 0.15) is 11.8 Å². The van der Waals surface area contributed by atoms with Crippen LogP contribution in [0.2, 0.25) is 0 Å². The lowest BCUT2D eigenvalue weighted by atomic mass is 10.1. The first kappa shape index (κ1) is 17.0. The van der Waals surface area contributed by atoms with E-state index in [4.69, 9.17) is 9.47 Å². The highest BCUT2D eigenvalue weighted by Crippen LogP contribution is 2.15. The van der Waals surface area contributed by atoms with Crippen LogP contribution in [-0.2, 0) is 20.7 Å². The highest BCUT2D eigenvalue weighted by Gasteiger charge is 2.21. The fourth-order valence-electron chi connectivity index (χ4n) is 1.91. The number of amides is 1. The van der Waals surface area contributed by atoms with Crippen molar-refractivity contribution >= 4 is 11.9 Å². The Morgan fingerprint density at radius 1 is 1.33 bits per heavy atom. The van der Waals surface area contributed by atoms with Crippen LogP contribution in [0.5, 0.6) is 5.75 Å². The molecule has 0 aromatic heterocycles. The summed E-state index contributed by atoms with van der Waals surface area (Å²) in [5.74, 6) is 0.00953. The molecule has 116 valence electrons. The molecule has 0 aliphatic heterocycles. The van der Waals surface area contributed by atoms with Crippen LogP contribution in [0.1, 0.15) is 12.5 Å². The van der Waals surface area contributed by atoms with E-state index in [-0.39, 0.29) is 12.5 Å². The van der Waals surface area contributed by atoms with E-state index < -0.39 is 12.0 Å². The first-order chi connectivity index (χ1) is 10.1. The smallest absolute Gasteiger partial charge is 0.328 e. The van der Waals surface area contributed by atoms with Crippen molar-refractivity contribution in [2.75, 3.05) is 27.3 Å². The van der Waals surface area contributed by atoms with Crippen LogP contribution in [0.3, 0.4) is 0 Å². The summed E-state index contributed by atoms with van der Waals surface area (Å²) in [5, 5.41) is 5.39. The SMILES string of the molecule is CCOc1cccc(CC(NC(=O)CNC)C(=O)OC)c1. The molecule has 1 rings (SSSR count). The zero-order chi connectivity index (χ0) is 15.7. The second-order valence-corrected chi connectivity index (χ2v) is 4.46. The zero-order valence-corrected chi connectivity index (χ0v) is 12.6. The van der Waals surface area contributed by atoms with Crippen molar-refractivity contribution in [3.05, 3.63) is 29.8 Å². The summed E-state index contributed by atoms with van der Waals surface area (Å²) >= 11 is 0. The minimum Gasteiger partial charge on any atom is -0.494 e. The highest BCUT2D eigenvalue weighted by atomic mass is 16.5. The van der Waals surface area contributed by atoms with Gasteiger partial charge in [0.2, 0.25) is 5.91 Å². The van der Waals surface area contributed by atoms with E-state index in [0.717, 1.165) is 11.3 Å². The van der Waals surface area contributed by atoms with Gasteiger partial charge in [0, 0.05) is 6.42 Å². The maximum Gasteiger partial charge on any atom is 0.328 e. The normalized spacial score (nSPS) is 11.6. The van der Waals surface area contributed by atoms with Crippen molar-refractivity contribution in [1.29, 1.82) is 0 Å². The van der Waals surface area contributed by atoms with Crippen LogP contribution >= 0.6 is 0 Å². The van der Waals surface area contributed by atoms with E-state index in [1.54, 1.807) is 7.05 Å². The average molecular weight is 294 g/mol. The Morgan fingerprint density at radius 3 is 2.71 bits per heavy atom. The second-order valence-electron chi connectivity index (χ2n) is 4.46. The number of nitrogens with one attached hydrogen (secondary N) is 2. The maximum absolute atomic E-state index is 11.8. The number of carbonyl (C=O) groups excluding carboxylic acids is 2. The molecule has 0 aliphatic rings. The monoisotopic (exact) mass is 294 g/mol. The van der Waals surface area contributed by atoms with E-state index >= 15 is 0 Å². The number of esters is 1. The number of hydrogen-bond donors (Lipinski definition) is 2. The molecule has 1 aromatic carbocycles. The molecule has 0 radical (unpaired) electrons. The second kappa shape index (κ2) is 8.97. The van der Waals surface area contributed by atoms with Gasteiger partial charge in [-0.3, -0.25) is 4.79 Å². The van der Waals surface area contributed by atoms with Gasteiger partial charge in [-0.25, -0.2) is 4.79 Å². The maximum atomic E-state index is 11.8. The van der Waals surface area contributed by atoms with Gasteiger partial charge in [-0.1, -0.05) is 12.1 Å². The summed E-state index contributed by atoms with van der Waals surface area (Å²) < 4.78 is 10.2. The molecular formula is C15H22N2O4. The van der Waals surface area contributed by atoms with Gasteiger partial charge in [-0.2, -0.15) is 0 Å². The molecule has 1 amide bonds. The molecule has 0 bridgehead atoms. The van der Waals surface area contributed by atoms with Crippen LogP contribution in [0, 0.1) is 0 Å². The molecule has 21 heavy (non-hydrogen) atoms. The number of likely N-dealkylation sites (N-methyl/N-ethyl adjacent to an activating group) is 1. The molecule has 0 spiro atoms. The summed E-state index contributed by atoms with van der Waals surface area (Å²) in [6.45, 7) is 2.62. The number of benzene rings is 1. The Bertz CT molecular complexity index is 476. The summed E-state index contributed by atoms with van der Waals surface area (Å²) in [6, 6.07) is 6.71. The fourth-order valence-corrected chi connectivity index (χ4v) is 1.91. The average Bonchev–Trinajstić information content (AvgIpc) is 2.47. The Labute approximate surface area is 124 Å². The van der Waals surface area contributed by atoms with Crippen molar-refractivity contribution in [2.45, 2.75) is 19.4 Å². The first-order valence-corrected chi connectivity index (χ1v) is 6.84. The van der Waals surface area contributed by atoms with Crippen LogP contribution < -0.4 is 15.4 Å².